The summed E-state index contributed by atoms with van der Waals surface area (Å²) in [5.74, 6) is 0.856. The number of rotatable bonds is 12. The van der Waals surface area contributed by atoms with Gasteiger partial charge in [0.1, 0.15) is 16.5 Å². The van der Waals surface area contributed by atoms with Crippen LogP contribution in [0.5, 0.6) is 0 Å². The van der Waals surface area contributed by atoms with Crippen molar-refractivity contribution < 1.29 is 4.79 Å². The molecule has 3 heterocycles. The van der Waals surface area contributed by atoms with Crippen LogP contribution in [0.25, 0.3) is 17.0 Å². The first-order chi connectivity index (χ1) is 19.1. The van der Waals surface area contributed by atoms with Gasteiger partial charge < -0.3 is 15.1 Å². The Balaban J connectivity index is 1.42. The summed E-state index contributed by atoms with van der Waals surface area (Å²) in [6.07, 6.45) is 11.2. The van der Waals surface area contributed by atoms with Crippen LogP contribution in [-0.2, 0) is 6.42 Å². The third-order valence-corrected chi connectivity index (χ3v) is 8.65. The van der Waals surface area contributed by atoms with Crippen molar-refractivity contribution >= 4 is 34.4 Å². The van der Waals surface area contributed by atoms with Gasteiger partial charge in [-0.2, -0.15) is 0 Å². The van der Waals surface area contributed by atoms with Crippen LogP contribution in [0.3, 0.4) is 0 Å². The Morgan fingerprint density at radius 2 is 1.85 bits per heavy atom. The molecule has 1 aliphatic heterocycles. The second-order valence-corrected chi connectivity index (χ2v) is 11.6. The van der Waals surface area contributed by atoms with Gasteiger partial charge in [0.2, 0.25) is 0 Å². The number of thiazole rings is 1. The summed E-state index contributed by atoms with van der Waals surface area (Å²) in [5, 5.41) is 4.67. The Labute approximate surface area is 237 Å². The summed E-state index contributed by atoms with van der Waals surface area (Å²) in [7, 11) is 0. The van der Waals surface area contributed by atoms with E-state index in [1.54, 1.807) is 11.3 Å². The van der Waals surface area contributed by atoms with E-state index in [0.717, 1.165) is 72.2 Å². The van der Waals surface area contributed by atoms with Gasteiger partial charge >= 0.3 is 0 Å². The second kappa shape index (κ2) is 12.8. The number of amides is 1. The Hall–Kier alpha value is -3.19. The van der Waals surface area contributed by atoms with Gasteiger partial charge in [-0.05, 0) is 50.8 Å². The van der Waals surface area contributed by atoms with Gasteiger partial charge in [0.05, 0.1) is 17.1 Å². The molecule has 1 aliphatic carbocycles. The minimum absolute atomic E-state index is 0.0479. The zero-order valence-corrected chi connectivity index (χ0v) is 24.4. The highest BCUT2D eigenvalue weighted by Crippen LogP contribution is 2.40. The average molecular weight is 544 g/mol. The van der Waals surface area contributed by atoms with E-state index in [0.29, 0.717) is 18.3 Å². The number of unbranched alkanes of at least 4 members (excludes halogenated alkanes) is 3. The molecule has 0 radical (unpaired) electrons. The molecule has 0 saturated heterocycles. The van der Waals surface area contributed by atoms with Crippen LogP contribution in [-0.4, -0.2) is 41.6 Å². The van der Waals surface area contributed by atoms with Crippen LogP contribution in [0.2, 0.25) is 0 Å². The van der Waals surface area contributed by atoms with Crippen molar-refractivity contribution in [2.45, 2.75) is 78.2 Å². The van der Waals surface area contributed by atoms with Crippen LogP contribution in [0.4, 0.5) is 11.5 Å². The molecular weight excluding hydrogens is 502 g/mol. The molecule has 2 aliphatic rings. The van der Waals surface area contributed by atoms with Gasteiger partial charge in [-0.25, -0.2) is 9.97 Å². The number of aromatic nitrogens is 2. The first-order valence-electron chi connectivity index (χ1n) is 14.7. The van der Waals surface area contributed by atoms with E-state index in [9.17, 15) is 4.79 Å². The van der Waals surface area contributed by atoms with Crippen molar-refractivity contribution in [2.75, 3.05) is 29.4 Å². The van der Waals surface area contributed by atoms with Gasteiger partial charge in [0.15, 0.2) is 0 Å². The van der Waals surface area contributed by atoms with Gasteiger partial charge in [0.25, 0.3) is 5.91 Å². The highest BCUT2D eigenvalue weighted by Gasteiger charge is 2.29. The molecule has 7 heteroatoms. The molecular formula is C32H41N5OS. The SMILES string of the molecule is C/C=C(\NC1CC1)c1nc2c(s1)CCN(C(=O)c1cccc(N(CCCC)CCCCC)n1)c1ccccc1-2. The lowest BCUT2D eigenvalue weighted by molar-refractivity contribution is 0.0983. The van der Waals surface area contributed by atoms with Crippen molar-refractivity contribution in [3.05, 3.63) is 64.1 Å². The fourth-order valence-electron chi connectivity index (χ4n) is 5.12. The standard InChI is InChI=1S/C32H41N5OS/c1-4-7-11-21-36(20-8-5-2)29-16-12-14-26(34-29)32(38)37-22-19-28-30(24-13-9-10-15-27(24)37)35-31(39-28)25(6-3)33-23-17-18-23/h6,9-10,12-16,23,33H,4-5,7-8,11,17-22H2,1-3H3/b25-6-. The molecule has 0 spiro atoms. The van der Waals surface area contributed by atoms with Crippen molar-refractivity contribution in [3.8, 4) is 11.3 Å². The quantitative estimate of drug-likeness (QED) is 0.243. The second-order valence-electron chi connectivity index (χ2n) is 10.6. The zero-order chi connectivity index (χ0) is 27.2. The number of nitrogens with one attached hydrogen (secondary N) is 1. The van der Waals surface area contributed by atoms with E-state index in [2.05, 4.69) is 43.1 Å². The molecule has 1 amide bonds. The molecule has 1 N–H and O–H groups in total. The van der Waals surface area contributed by atoms with Gasteiger partial charge in [-0.1, -0.05) is 63.5 Å². The third kappa shape index (κ3) is 6.35. The van der Waals surface area contributed by atoms with Crippen LogP contribution >= 0.6 is 11.3 Å². The molecule has 1 fully saturated rings. The smallest absolute Gasteiger partial charge is 0.276 e. The topological polar surface area (TPSA) is 61.4 Å². The Kier molecular flexibility index (Phi) is 8.97. The van der Waals surface area contributed by atoms with Crippen molar-refractivity contribution in [2.24, 2.45) is 0 Å². The number of hydrogen-bond donors (Lipinski definition) is 1. The lowest BCUT2D eigenvalue weighted by atomic mass is 10.1. The van der Waals surface area contributed by atoms with E-state index in [1.807, 2.05) is 41.3 Å². The first-order valence-corrected chi connectivity index (χ1v) is 15.5. The summed E-state index contributed by atoms with van der Waals surface area (Å²) in [6, 6.07) is 14.6. The van der Waals surface area contributed by atoms with Crippen LogP contribution in [0.1, 0.15) is 86.1 Å². The summed E-state index contributed by atoms with van der Waals surface area (Å²) < 4.78 is 0. The number of anilines is 2. The highest BCUT2D eigenvalue weighted by molar-refractivity contribution is 7.13. The minimum Gasteiger partial charge on any atom is -0.380 e. The van der Waals surface area contributed by atoms with Gasteiger partial charge in [-0.3, -0.25) is 4.79 Å². The molecule has 5 rings (SSSR count). The summed E-state index contributed by atoms with van der Waals surface area (Å²) >= 11 is 1.75. The first kappa shape index (κ1) is 27.4. The molecule has 6 nitrogen and oxygen atoms in total. The number of hydrogen-bond acceptors (Lipinski definition) is 6. The number of nitrogens with zero attached hydrogens (tertiary/aromatic N) is 4. The van der Waals surface area contributed by atoms with Gasteiger partial charge in [0, 0.05) is 42.5 Å². The van der Waals surface area contributed by atoms with E-state index in [1.165, 1.54) is 30.6 Å². The van der Waals surface area contributed by atoms with Crippen LogP contribution < -0.4 is 15.1 Å². The van der Waals surface area contributed by atoms with Crippen LogP contribution in [0, 0.1) is 0 Å². The maximum atomic E-state index is 14.0. The molecule has 206 valence electrons. The maximum Gasteiger partial charge on any atom is 0.276 e. The molecule has 39 heavy (non-hydrogen) atoms. The number of carbonyl (C=O) groups excluding carboxylic acids is 1. The molecule has 1 saturated carbocycles. The van der Waals surface area contributed by atoms with Crippen molar-refractivity contribution in [1.82, 2.24) is 15.3 Å². The fourth-order valence-corrected chi connectivity index (χ4v) is 6.22. The Morgan fingerprint density at radius 1 is 1.05 bits per heavy atom. The zero-order valence-electron chi connectivity index (χ0n) is 23.6. The lowest BCUT2D eigenvalue weighted by Gasteiger charge is -2.26. The highest BCUT2D eigenvalue weighted by atomic mass is 32.1. The minimum atomic E-state index is -0.0479. The van der Waals surface area contributed by atoms with Crippen molar-refractivity contribution in [1.29, 1.82) is 0 Å². The number of para-hydroxylation sites is 1. The number of fused-ring (bicyclic) bond motifs is 3. The van der Waals surface area contributed by atoms with E-state index < -0.39 is 0 Å². The summed E-state index contributed by atoms with van der Waals surface area (Å²) in [5.41, 5.74) is 4.55. The average Bonchev–Trinajstić information content (AvgIpc) is 3.73. The molecule has 3 aromatic rings. The molecule has 0 bridgehead atoms. The summed E-state index contributed by atoms with van der Waals surface area (Å²) in [4.78, 5) is 29.5. The van der Waals surface area contributed by atoms with Gasteiger partial charge in [-0.15, -0.1) is 11.3 Å². The van der Waals surface area contributed by atoms with E-state index in [4.69, 9.17) is 9.97 Å². The number of carbonyl (C=O) groups is 1. The predicted molar refractivity (Wildman–Crippen MR) is 164 cm³/mol. The van der Waals surface area contributed by atoms with Crippen LogP contribution in [0.15, 0.2) is 48.5 Å². The summed E-state index contributed by atoms with van der Waals surface area (Å²) in [6.45, 7) is 9.06. The normalized spacial score (nSPS) is 14.9. The third-order valence-electron chi connectivity index (χ3n) is 7.50. The Morgan fingerprint density at radius 3 is 2.62 bits per heavy atom. The number of pyridine rings is 1. The predicted octanol–water partition coefficient (Wildman–Crippen LogP) is 7.32. The largest absolute Gasteiger partial charge is 0.380 e. The van der Waals surface area contributed by atoms with E-state index >= 15 is 0 Å². The maximum absolute atomic E-state index is 14.0. The monoisotopic (exact) mass is 543 g/mol. The number of benzene rings is 1. The lowest BCUT2D eigenvalue weighted by Crippen LogP contribution is -2.34. The number of allylic oxidation sites excluding steroid dienone is 1. The molecule has 0 atom stereocenters. The van der Waals surface area contributed by atoms with Crippen molar-refractivity contribution in [3.63, 3.8) is 0 Å². The Bertz CT molecular complexity index is 1310. The molecule has 2 aromatic heterocycles. The molecule has 1 aromatic carbocycles. The molecule has 0 unspecified atom stereocenters. The van der Waals surface area contributed by atoms with E-state index in [-0.39, 0.29) is 5.91 Å². The fraction of sp³-hybridized carbons (Fsp3) is 0.469.